The highest BCUT2D eigenvalue weighted by Crippen LogP contribution is 2.36. The summed E-state index contributed by atoms with van der Waals surface area (Å²) in [5.41, 5.74) is 2.38. The van der Waals surface area contributed by atoms with Crippen molar-refractivity contribution in [3.8, 4) is 0 Å². The SMILES string of the molecule is CC(=O)N1CC[C@H]2CN(C3CCC[C@@H](NC(=O)C4Cc5c(F)ccc(C)c5N4)C3)C[C@H]21. The third-order valence-electron chi connectivity index (χ3n) is 8.00. The van der Waals surface area contributed by atoms with E-state index in [1.807, 2.05) is 6.92 Å². The highest BCUT2D eigenvalue weighted by molar-refractivity contribution is 5.88. The molecule has 3 fully saturated rings. The number of nitrogens with zero attached hydrogens (tertiary/aromatic N) is 2. The molecule has 31 heavy (non-hydrogen) atoms. The molecule has 0 bridgehead atoms. The molecule has 2 saturated heterocycles. The van der Waals surface area contributed by atoms with Crippen LogP contribution in [-0.4, -0.2) is 65.4 Å². The molecule has 4 aliphatic rings. The number of rotatable bonds is 3. The molecule has 0 spiro atoms. The quantitative estimate of drug-likeness (QED) is 0.776. The van der Waals surface area contributed by atoms with Crippen molar-refractivity contribution in [2.45, 2.75) is 76.5 Å². The zero-order valence-electron chi connectivity index (χ0n) is 18.5. The van der Waals surface area contributed by atoms with E-state index in [-0.39, 0.29) is 23.7 Å². The third kappa shape index (κ3) is 3.81. The minimum atomic E-state index is -0.402. The molecule has 3 aliphatic heterocycles. The number of hydrogen-bond donors (Lipinski definition) is 2. The molecule has 1 aromatic carbocycles. The molecule has 168 valence electrons. The standard InChI is InChI=1S/C24H33FN4O2/c1-14-6-7-20(25)19-11-21(27-23(14)19)24(31)26-17-4-3-5-18(10-17)28-12-16-8-9-29(15(2)30)22(16)13-28/h6-7,16-18,21-22,27H,3-5,8-13H2,1-2H3,(H,26,31)/t16-,17+,18?,21?,22+/m0/s1. The van der Waals surface area contributed by atoms with E-state index in [1.165, 1.54) is 6.07 Å². The van der Waals surface area contributed by atoms with Crippen LogP contribution >= 0.6 is 0 Å². The van der Waals surface area contributed by atoms with Crippen LogP contribution in [0.4, 0.5) is 10.1 Å². The number of nitrogens with one attached hydrogen (secondary N) is 2. The Balaban J connectivity index is 1.18. The van der Waals surface area contributed by atoms with Crippen LogP contribution < -0.4 is 10.6 Å². The van der Waals surface area contributed by atoms with Gasteiger partial charge in [-0.15, -0.1) is 0 Å². The normalized spacial score (nSPS) is 32.5. The number of amides is 2. The summed E-state index contributed by atoms with van der Waals surface area (Å²) in [6, 6.07) is 3.83. The van der Waals surface area contributed by atoms with Crippen molar-refractivity contribution in [2.75, 3.05) is 25.0 Å². The summed E-state index contributed by atoms with van der Waals surface area (Å²) < 4.78 is 14.2. The van der Waals surface area contributed by atoms with Gasteiger partial charge in [-0.3, -0.25) is 14.5 Å². The van der Waals surface area contributed by atoms with E-state index in [0.717, 1.165) is 63.0 Å². The minimum absolute atomic E-state index is 0.0262. The van der Waals surface area contributed by atoms with Gasteiger partial charge >= 0.3 is 0 Å². The fraction of sp³-hybridized carbons (Fsp3) is 0.667. The van der Waals surface area contributed by atoms with E-state index in [2.05, 4.69) is 20.4 Å². The van der Waals surface area contributed by atoms with Crippen LogP contribution in [-0.2, 0) is 16.0 Å². The zero-order valence-corrected chi connectivity index (χ0v) is 18.5. The fourth-order valence-corrected chi connectivity index (χ4v) is 6.34. The first-order valence-corrected chi connectivity index (χ1v) is 11.8. The second-order valence-electron chi connectivity index (χ2n) is 9.93. The van der Waals surface area contributed by atoms with Crippen molar-refractivity contribution in [1.29, 1.82) is 0 Å². The summed E-state index contributed by atoms with van der Waals surface area (Å²) in [5.74, 6) is 0.528. The molecule has 0 radical (unpaired) electrons. The summed E-state index contributed by atoms with van der Waals surface area (Å²) in [7, 11) is 0. The molecule has 6 nitrogen and oxygen atoms in total. The van der Waals surface area contributed by atoms with Gasteiger partial charge in [0.15, 0.2) is 0 Å². The molecular weight excluding hydrogens is 395 g/mol. The van der Waals surface area contributed by atoms with Crippen LogP contribution in [0.1, 0.15) is 50.2 Å². The average molecular weight is 429 g/mol. The lowest BCUT2D eigenvalue weighted by molar-refractivity contribution is -0.129. The van der Waals surface area contributed by atoms with Gasteiger partial charge in [0.25, 0.3) is 0 Å². The van der Waals surface area contributed by atoms with Crippen LogP contribution in [0.25, 0.3) is 0 Å². The predicted octanol–water partition coefficient (Wildman–Crippen LogP) is 2.45. The first-order chi connectivity index (χ1) is 14.9. The number of fused-ring (bicyclic) bond motifs is 2. The Kier molecular flexibility index (Phi) is 5.40. The number of likely N-dealkylation sites (tertiary alicyclic amines) is 2. The minimum Gasteiger partial charge on any atom is -0.373 e. The second kappa shape index (κ2) is 8.08. The van der Waals surface area contributed by atoms with Gasteiger partial charge in [-0.1, -0.05) is 6.07 Å². The van der Waals surface area contributed by atoms with Crippen molar-refractivity contribution in [2.24, 2.45) is 5.92 Å². The third-order valence-corrected chi connectivity index (χ3v) is 8.00. The molecular formula is C24H33FN4O2. The highest BCUT2D eigenvalue weighted by atomic mass is 19.1. The van der Waals surface area contributed by atoms with Crippen molar-refractivity contribution in [1.82, 2.24) is 15.1 Å². The van der Waals surface area contributed by atoms with Crippen LogP contribution in [0.3, 0.4) is 0 Å². The number of carbonyl (C=O) groups excluding carboxylic acids is 2. The summed E-state index contributed by atoms with van der Waals surface area (Å²) in [4.78, 5) is 29.5. The van der Waals surface area contributed by atoms with Crippen molar-refractivity contribution < 1.29 is 14.0 Å². The van der Waals surface area contributed by atoms with E-state index in [0.29, 0.717) is 30.0 Å². The first kappa shape index (κ1) is 20.7. The maximum Gasteiger partial charge on any atom is 0.243 e. The van der Waals surface area contributed by atoms with Crippen LogP contribution in [0, 0.1) is 18.7 Å². The summed E-state index contributed by atoms with van der Waals surface area (Å²) in [6.07, 6.45) is 5.72. The van der Waals surface area contributed by atoms with Gasteiger partial charge in [0, 0.05) is 62.4 Å². The van der Waals surface area contributed by atoms with Gasteiger partial charge in [-0.25, -0.2) is 4.39 Å². The first-order valence-electron chi connectivity index (χ1n) is 11.8. The maximum atomic E-state index is 14.2. The second-order valence-corrected chi connectivity index (χ2v) is 9.93. The van der Waals surface area contributed by atoms with Gasteiger partial charge in [0.2, 0.25) is 11.8 Å². The van der Waals surface area contributed by atoms with Crippen molar-refractivity contribution >= 4 is 17.5 Å². The Morgan fingerprint density at radius 3 is 2.81 bits per heavy atom. The van der Waals surface area contributed by atoms with E-state index in [4.69, 9.17) is 0 Å². The number of carbonyl (C=O) groups is 2. The Bertz CT molecular complexity index is 860. The van der Waals surface area contributed by atoms with Gasteiger partial charge in [0.1, 0.15) is 11.9 Å². The smallest absolute Gasteiger partial charge is 0.243 e. The number of benzene rings is 1. The van der Waals surface area contributed by atoms with E-state index in [1.54, 1.807) is 13.0 Å². The molecule has 7 heteroatoms. The van der Waals surface area contributed by atoms with Crippen molar-refractivity contribution in [3.63, 3.8) is 0 Å². The van der Waals surface area contributed by atoms with Gasteiger partial charge in [0.05, 0.1) is 0 Å². The van der Waals surface area contributed by atoms with E-state index >= 15 is 0 Å². The lowest BCUT2D eigenvalue weighted by Crippen LogP contribution is -2.49. The Morgan fingerprint density at radius 2 is 2.03 bits per heavy atom. The molecule has 3 heterocycles. The van der Waals surface area contributed by atoms with E-state index in [9.17, 15) is 14.0 Å². The zero-order chi connectivity index (χ0) is 21.7. The lowest BCUT2D eigenvalue weighted by atomic mass is 9.89. The maximum absolute atomic E-state index is 14.2. The van der Waals surface area contributed by atoms with E-state index < -0.39 is 6.04 Å². The average Bonchev–Trinajstić information content (AvgIpc) is 3.44. The molecule has 2 unspecified atom stereocenters. The van der Waals surface area contributed by atoms with Crippen LogP contribution in [0.15, 0.2) is 12.1 Å². The molecule has 2 N–H and O–H groups in total. The number of anilines is 1. The molecule has 5 rings (SSSR count). The van der Waals surface area contributed by atoms with Crippen LogP contribution in [0.5, 0.6) is 0 Å². The molecule has 1 aliphatic carbocycles. The molecule has 1 saturated carbocycles. The summed E-state index contributed by atoms with van der Waals surface area (Å²) >= 11 is 0. The molecule has 2 amide bonds. The van der Waals surface area contributed by atoms with Gasteiger partial charge in [-0.05, 0) is 56.6 Å². The number of aryl methyl sites for hydroxylation is 1. The topological polar surface area (TPSA) is 64.7 Å². The number of halogens is 1. The number of hydrogen-bond acceptors (Lipinski definition) is 4. The lowest BCUT2D eigenvalue weighted by Gasteiger charge is -2.36. The Labute approximate surface area is 183 Å². The molecule has 1 aromatic rings. The van der Waals surface area contributed by atoms with Gasteiger partial charge < -0.3 is 15.5 Å². The van der Waals surface area contributed by atoms with Crippen LogP contribution in [0.2, 0.25) is 0 Å². The highest BCUT2D eigenvalue weighted by Gasteiger charge is 2.44. The fourth-order valence-electron chi connectivity index (χ4n) is 6.34. The van der Waals surface area contributed by atoms with Crippen molar-refractivity contribution in [3.05, 3.63) is 29.1 Å². The van der Waals surface area contributed by atoms with Gasteiger partial charge in [-0.2, -0.15) is 0 Å². The predicted molar refractivity (Wildman–Crippen MR) is 117 cm³/mol. The monoisotopic (exact) mass is 428 g/mol. The Morgan fingerprint density at radius 1 is 1.19 bits per heavy atom. The largest absolute Gasteiger partial charge is 0.373 e. The summed E-state index contributed by atoms with van der Waals surface area (Å²) in [5, 5.41) is 6.49. The summed E-state index contributed by atoms with van der Waals surface area (Å²) in [6.45, 7) is 6.56. The Hall–Kier alpha value is -2.15. The molecule has 5 atom stereocenters. The molecule has 0 aromatic heterocycles.